The van der Waals surface area contributed by atoms with E-state index < -0.39 is 23.9 Å². The minimum Gasteiger partial charge on any atom is -0.487 e. The van der Waals surface area contributed by atoms with E-state index in [2.05, 4.69) is 20.6 Å². The van der Waals surface area contributed by atoms with Crippen LogP contribution in [0, 0.1) is 0 Å². The Balaban J connectivity index is 1.54. The van der Waals surface area contributed by atoms with Gasteiger partial charge in [0.25, 0.3) is 0 Å². The quantitative estimate of drug-likeness (QED) is 0.105. The average molecular weight is 763 g/mol. The molecule has 20 nitrogen and oxygen atoms in total. The second-order valence-electron chi connectivity index (χ2n) is 11.5. The van der Waals surface area contributed by atoms with Gasteiger partial charge >= 0.3 is 0 Å². The average Bonchev–Trinajstić information content (AvgIpc) is 3.13. The number of carbonyl (C=O) groups is 2. The molecule has 2 amide bonds. The van der Waals surface area contributed by atoms with Gasteiger partial charge in [-0.2, -0.15) is 0 Å². The summed E-state index contributed by atoms with van der Waals surface area (Å²) in [6.45, 7) is 3.65. The summed E-state index contributed by atoms with van der Waals surface area (Å²) in [4.78, 5) is 32.9. The number of aliphatic imine (C=N–C) groups is 2. The Morgan fingerprint density at radius 3 is 1.17 bits per heavy atom. The maximum absolute atomic E-state index is 12.6. The summed E-state index contributed by atoms with van der Waals surface area (Å²) in [7, 11) is 0. The lowest BCUT2D eigenvalue weighted by Crippen LogP contribution is -2.36. The van der Waals surface area contributed by atoms with Crippen LogP contribution in [-0.2, 0) is 28.5 Å². The van der Waals surface area contributed by atoms with Gasteiger partial charge in [0.05, 0.1) is 64.9 Å². The minimum atomic E-state index is -0.824. The highest BCUT2D eigenvalue weighted by atomic mass is 16.6. The van der Waals surface area contributed by atoms with Gasteiger partial charge in [-0.25, -0.2) is 0 Å². The molecule has 0 saturated heterocycles. The lowest BCUT2D eigenvalue weighted by molar-refractivity contribution is -0.118. The van der Waals surface area contributed by atoms with Gasteiger partial charge in [0.15, 0.2) is 34.9 Å². The fourth-order valence-electron chi connectivity index (χ4n) is 4.52. The van der Waals surface area contributed by atoms with E-state index in [-0.39, 0.29) is 90.7 Å². The molecule has 0 aliphatic carbocycles. The van der Waals surface area contributed by atoms with Crippen molar-refractivity contribution < 1.29 is 47.5 Å². The van der Waals surface area contributed by atoms with E-state index in [1.54, 1.807) is 36.4 Å². The van der Waals surface area contributed by atoms with Crippen molar-refractivity contribution >= 4 is 35.1 Å². The zero-order valence-corrected chi connectivity index (χ0v) is 30.4. The zero-order chi connectivity index (χ0) is 39.0. The van der Waals surface area contributed by atoms with Gasteiger partial charge in [0.1, 0.15) is 26.4 Å². The summed E-state index contributed by atoms with van der Waals surface area (Å²) in [5.41, 5.74) is 34.2. The summed E-state index contributed by atoms with van der Waals surface area (Å²) in [5, 5.41) is 5.55. The second-order valence-corrected chi connectivity index (χ2v) is 11.5. The van der Waals surface area contributed by atoms with Crippen molar-refractivity contribution in [2.45, 2.75) is 24.9 Å². The molecule has 2 unspecified atom stereocenters. The zero-order valence-electron chi connectivity index (χ0n) is 30.4. The first-order chi connectivity index (χ1) is 26.1. The molecule has 2 atom stereocenters. The van der Waals surface area contributed by atoms with Crippen LogP contribution in [0.4, 0.5) is 11.4 Å². The minimum absolute atomic E-state index is 0.0709. The predicted molar refractivity (Wildman–Crippen MR) is 202 cm³/mol. The number of rotatable bonds is 10. The molecule has 1 aliphatic rings. The number of nitrogens with zero attached hydrogens (tertiary/aromatic N) is 2. The van der Waals surface area contributed by atoms with Gasteiger partial charge in [-0.15, -0.1) is 0 Å². The van der Waals surface area contributed by atoms with E-state index in [0.717, 1.165) is 0 Å². The van der Waals surface area contributed by atoms with Crippen molar-refractivity contribution in [3.8, 4) is 23.0 Å². The van der Waals surface area contributed by atoms with Crippen LogP contribution in [-0.4, -0.2) is 128 Å². The molecule has 1 aliphatic heterocycles. The van der Waals surface area contributed by atoms with Gasteiger partial charge < -0.3 is 82.9 Å². The molecular formula is C34H54N10O10. The van der Waals surface area contributed by atoms with Gasteiger partial charge in [-0.05, 0) is 37.1 Å². The van der Waals surface area contributed by atoms with Crippen LogP contribution in [0.5, 0.6) is 23.0 Å². The summed E-state index contributed by atoms with van der Waals surface area (Å²) in [5.74, 6) is 0.750. The molecular weight excluding hydrogens is 708 g/mol. The Morgan fingerprint density at radius 2 is 0.833 bits per heavy atom. The van der Waals surface area contributed by atoms with Crippen LogP contribution in [0.15, 0.2) is 46.4 Å². The highest BCUT2D eigenvalue weighted by molar-refractivity contribution is 5.95. The van der Waals surface area contributed by atoms with Gasteiger partial charge in [-0.3, -0.25) is 19.6 Å². The van der Waals surface area contributed by atoms with Crippen LogP contribution in [0.25, 0.3) is 0 Å². The molecule has 54 heavy (non-hydrogen) atoms. The third-order valence-corrected chi connectivity index (χ3v) is 7.25. The number of nitrogens with two attached hydrogens (primary N) is 6. The predicted octanol–water partition coefficient (Wildman–Crippen LogP) is -1.16. The van der Waals surface area contributed by atoms with Crippen molar-refractivity contribution in [1.29, 1.82) is 0 Å². The smallest absolute Gasteiger partial charge is 0.241 e. The molecule has 14 N–H and O–H groups in total. The number of nitrogens with one attached hydrogen (secondary N) is 2. The third kappa shape index (κ3) is 17.6. The number of anilines is 2. The van der Waals surface area contributed by atoms with Gasteiger partial charge in [-0.1, -0.05) is 0 Å². The maximum atomic E-state index is 12.6. The first-order valence-electron chi connectivity index (χ1n) is 17.5. The van der Waals surface area contributed by atoms with Crippen molar-refractivity contribution in [2.75, 3.05) is 103 Å². The maximum Gasteiger partial charge on any atom is 0.241 e. The van der Waals surface area contributed by atoms with E-state index in [0.29, 0.717) is 60.8 Å². The summed E-state index contributed by atoms with van der Waals surface area (Å²) >= 11 is 0. The Hall–Kier alpha value is -5.12. The second kappa shape index (κ2) is 25.0. The fraction of sp³-hybridized carbons (Fsp3) is 0.529. The molecule has 300 valence electrons. The number of amides is 2. The first kappa shape index (κ1) is 43.3. The van der Waals surface area contributed by atoms with Crippen molar-refractivity contribution in [3.05, 3.63) is 36.4 Å². The van der Waals surface area contributed by atoms with Gasteiger partial charge in [0.2, 0.25) is 11.8 Å². The topological polar surface area (TPSA) is 313 Å². The fourth-order valence-corrected chi connectivity index (χ4v) is 4.52. The van der Waals surface area contributed by atoms with E-state index in [1.165, 1.54) is 0 Å². The number of fused-ring (bicyclic) bond motifs is 2. The highest BCUT2D eigenvalue weighted by Crippen LogP contribution is 2.32. The summed E-state index contributed by atoms with van der Waals surface area (Å²) in [6, 6.07) is 8.36. The molecule has 0 bridgehead atoms. The van der Waals surface area contributed by atoms with E-state index in [9.17, 15) is 9.59 Å². The molecule has 2 aromatic rings. The number of ether oxygens (including phenoxy) is 8. The Bertz CT molecular complexity index is 1380. The molecule has 0 radical (unpaired) electrons. The van der Waals surface area contributed by atoms with E-state index >= 15 is 0 Å². The Kier molecular flexibility index (Phi) is 20.0. The number of guanidine groups is 2. The van der Waals surface area contributed by atoms with E-state index in [1.807, 2.05) is 0 Å². The number of carbonyl (C=O) groups excluding carboxylic acids is 2. The monoisotopic (exact) mass is 762 g/mol. The van der Waals surface area contributed by atoms with Crippen LogP contribution in [0.3, 0.4) is 0 Å². The number of hydrogen-bond donors (Lipinski definition) is 8. The molecule has 1 heterocycles. The van der Waals surface area contributed by atoms with Crippen LogP contribution < -0.4 is 64.0 Å². The Morgan fingerprint density at radius 1 is 0.519 bits per heavy atom. The largest absolute Gasteiger partial charge is 0.487 e. The molecule has 0 aromatic heterocycles. The molecule has 0 saturated carbocycles. The number of benzene rings is 2. The van der Waals surface area contributed by atoms with Crippen molar-refractivity contribution in [1.82, 2.24) is 0 Å². The van der Waals surface area contributed by atoms with E-state index in [4.69, 9.17) is 72.3 Å². The lowest BCUT2D eigenvalue weighted by Gasteiger charge is -2.17. The SMILES string of the molecule is NC(N)=NCCC(N)C(=O)Nc1ccc2c(c1)OCCOCCOCCOc1cc(NC(=O)C(N)CCN=C(N)N)ccc1OCCOCCOCCO2. The van der Waals surface area contributed by atoms with Gasteiger partial charge in [0, 0.05) is 36.6 Å². The molecule has 20 heteroatoms. The van der Waals surface area contributed by atoms with Crippen LogP contribution in [0.2, 0.25) is 0 Å². The summed E-state index contributed by atoms with van der Waals surface area (Å²) in [6.07, 6.45) is 0.524. The van der Waals surface area contributed by atoms with Crippen molar-refractivity contribution in [3.63, 3.8) is 0 Å². The molecule has 3 rings (SSSR count). The van der Waals surface area contributed by atoms with Crippen LogP contribution in [0.1, 0.15) is 12.8 Å². The Labute approximate surface area is 314 Å². The molecule has 0 spiro atoms. The molecule has 2 aromatic carbocycles. The number of hydrogen-bond acceptors (Lipinski definition) is 14. The standard InChI is InChI=1S/C34H54N10O10/c35-25(5-7-41-33(37)38)31(45)43-23-1-3-27-29(21-23)53-19-15-49-11-12-50-16-20-54-30-22-24(44-32(46)26(36)6-8-42-34(39)40)2-4-28(30)52-18-14-48-10-9-47-13-17-51-27/h1-4,21-22,25-26H,5-20,35-36H2,(H,43,45)(H,44,46)(H4,37,38,41)(H4,39,40,42). The first-order valence-corrected chi connectivity index (χ1v) is 17.5. The molecule has 0 fully saturated rings. The van der Waals surface area contributed by atoms with Crippen molar-refractivity contribution in [2.24, 2.45) is 44.4 Å². The lowest BCUT2D eigenvalue weighted by atomic mass is 10.2. The summed E-state index contributed by atoms with van der Waals surface area (Å²) < 4.78 is 46.3. The normalized spacial score (nSPS) is 16.3. The highest BCUT2D eigenvalue weighted by Gasteiger charge is 2.17. The third-order valence-electron chi connectivity index (χ3n) is 7.25. The van der Waals surface area contributed by atoms with Crippen LogP contribution >= 0.6 is 0 Å².